The standard InChI is InChI=1S/C12H16N2O5/c15-9(13-6-8(7-13)5-12(18)19)3-4-14-10(16)1-2-11(14)17/h8H,1-7H2,(H,18,19). The summed E-state index contributed by atoms with van der Waals surface area (Å²) < 4.78 is 0. The van der Waals surface area contributed by atoms with E-state index in [9.17, 15) is 19.2 Å². The van der Waals surface area contributed by atoms with Crippen LogP contribution in [0.3, 0.4) is 0 Å². The Morgan fingerprint density at radius 3 is 2.26 bits per heavy atom. The largest absolute Gasteiger partial charge is 0.481 e. The summed E-state index contributed by atoms with van der Waals surface area (Å²) in [6.45, 7) is 1.04. The number of nitrogens with zero attached hydrogens (tertiary/aromatic N) is 2. The lowest BCUT2D eigenvalue weighted by Crippen LogP contribution is -2.51. The molecule has 0 aromatic heterocycles. The van der Waals surface area contributed by atoms with E-state index in [4.69, 9.17) is 5.11 Å². The minimum absolute atomic E-state index is 0.0245. The molecule has 2 saturated heterocycles. The van der Waals surface area contributed by atoms with Crippen LogP contribution in [0.4, 0.5) is 0 Å². The van der Waals surface area contributed by atoms with E-state index < -0.39 is 5.97 Å². The Morgan fingerprint density at radius 2 is 1.74 bits per heavy atom. The van der Waals surface area contributed by atoms with Gasteiger partial charge < -0.3 is 10.0 Å². The first-order valence-corrected chi connectivity index (χ1v) is 6.30. The fraction of sp³-hybridized carbons (Fsp3) is 0.667. The molecule has 19 heavy (non-hydrogen) atoms. The number of amides is 3. The molecule has 104 valence electrons. The van der Waals surface area contributed by atoms with Gasteiger partial charge in [0.1, 0.15) is 0 Å². The van der Waals surface area contributed by atoms with Gasteiger partial charge in [0, 0.05) is 44.8 Å². The highest BCUT2D eigenvalue weighted by Gasteiger charge is 2.33. The first kappa shape index (κ1) is 13.5. The second-order valence-corrected chi connectivity index (χ2v) is 4.95. The van der Waals surface area contributed by atoms with Crippen molar-refractivity contribution in [3.63, 3.8) is 0 Å². The van der Waals surface area contributed by atoms with Gasteiger partial charge >= 0.3 is 5.97 Å². The van der Waals surface area contributed by atoms with Gasteiger partial charge in [0.25, 0.3) is 0 Å². The predicted octanol–water partition coefficient (Wildman–Crippen LogP) is -0.541. The van der Waals surface area contributed by atoms with Crippen LogP contribution in [-0.4, -0.2) is 58.2 Å². The number of hydrogen-bond donors (Lipinski definition) is 1. The molecule has 0 aromatic rings. The molecular weight excluding hydrogens is 252 g/mol. The number of carboxylic acid groups (broad SMARTS) is 1. The smallest absolute Gasteiger partial charge is 0.303 e. The van der Waals surface area contributed by atoms with Gasteiger partial charge in [0.05, 0.1) is 6.42 Å². The summed E-state index contributed by atoms with van der Waals surface area (Å²) in [7, 11) is 0. The molecule has 7 heteroatoms. The second-order valence-electron chi connectivity index (χ2n) is 4.95. The van der Waals surface area contributed by atoms with Crippen molar-refractivity contribution in [1.29, 1.82) is 0 Å². The zero-order valence-corrected chi connectivity index (χ0v) is 10.5. The number of carbonyl (C=O) groups excluding carboxylic acids is 3. The number of hydrogen-bond acceptors (Lipinski definition) is 4. The summed E-state index contributed by atoms with van der Waals surface area (Å²) in [5, 5.41) is 8.59. The highest BCUT2D eigenvalue weighted by Crippen LogP contribution is 2.20. The van der Waals surface area contributed by atoms with E-state index in [1.54, 1.807) is 4.90 Å². The van der Waals surface area contributed by atoms with Crippen LogP contribution in [-0.2, 0) is 19.2 Å². The van der Waals surface area contributed by atoms with Crippen LogP contribution in [0.15, 0.2) is 0 Å². The average molecular weight is 268 g/mol. The van der Waals surface area contributed by atoms with Crippen LogP contribution in [0.2, 0.25) is 0 Å². The van der Waals surface area contributed by atoms with Gasteiger partial charge in [0.2, 0.25) is 17.7 Å². The van der Waals surface area contributed by atoms with Crippen molar-refractivity contribution in [2.45, 2.75) is 25.7 Å². The van der Waals surface area contributed by atoms with Gasteiger partial charge in [0.15, 0.2) is 0 Å². The number of carboxylic acids is 1. The maximum absolute atomic E-state index is 11.8. The monoisotopic (exact) mass is 268 g/mol. The maximum Gasteiger partial charge on any atom is 0.303 e. The zero-order valence-electron chi connectivity index (χ0n) is 10.5. The van der Waals surface area contributed by atoms with Crippen molar-refractivity contribution in [2.24, 2.45) is 5.92 Å². The summed E-state index contributed by atoms with van der Waals surface area (Å²) in [6, 6.07) is 0. The Bertz CT molecular complexity index is 412. The van der Waals surface area contributed by atoms with E-state index in [1.807, 2.05) is 0 Å². The van der Waals surface area contributed by atoms with Crippen LogP contribution < -0.4 is 0 Å². The van der Waals surface area contributed by atoms with E-state index in [1.165, 1.54) is 0 Å². The first-order chi connectivity index (χ1) is 8.97. The molecule has 3 amide bonds. The summed E-state index contributed by atoms with van der Waals surface area (Å²) in [6.07, 6.45) is 0.666. The quantitative estimate of drug-likeness (QED) is 0.676. The van der Waals surface area contributed by atoms with E-state index >= 15 is 0 Å². The molecule has 0 saturated carbocycles. The van der Waals surface area contributed by atoms with Crippen molar-refractivity contribution in [2.75, 3.05) is 19.6 Å². The number of rotatable bonds is 5. The maximum atomic E-state index is 11.8. The van der Waals surface area contributed by atoms with Gasteiger partial charge in [-0.1, -0.05) is 0 Å². The third-order valence-corrected chi connectivity index (χ3v) is 3.48. The van der Waals surface area contributed by atoms with Gasteiger partial charge in [-0.3, -0.25) is 24.1 Å². The highest BCUT2D eigenvalue weighted by atomic mass is 16.4. The Morgan fingerprint density at radius 1 is 1.16 bits per heavy atom. The molecule has 2 fully saturated rings. The van der Waals surface area contributed by atoms with Crippen molar-refractivity contribution in [3.05, 3.63) is 0 Å². The van der Waals surface area contributed by atoms with Crippen LogP contribution in [0, 0.1) is 5.92 Å². The van der Waals surface area contributed by atoms with E-state index in [0.717, 1.165) is 4.90 Å². The SMILES string of the molecule is O=C(O)CC1CN(C(=O)CCN2C(=O)CCC2=O)C1. The third-order valence-electron chi connectivity index (χ3n) is 3.48. The average Bonchev–Trinajstić information content (AvgIpc) is 2.60. The first-order valence-electron chi connectivity index (χ1n) is 6.30. The molecular formula is C12H16N2O5. The highest BCUT2D eigenvalue weighted by molar-refractivity contribution is 6.02. The molecule has 2 rings (SSSR count). The van der Waals surface area contributed by atoms with Crippen LogP contribution in [0.25, 0.3) is 0 Å². The molecule has 0 aliphatic carbocycles. The van der Waals surface area contributed by atoms with E-state index in [2.05, 4.69) is 0 Å². The van der Waals surface area contributed by atoms with Gasteiger partial charge in [-0.25, -0.2) is 0 Å². The Hall–Kier alpha value is -1.92. The Kier molecular flexibility index (Phi) is 3.82. The fourth-order valence-corrected chi connectivity index (χ4v) is 2.39. The summed E-state index contributed by atoms with van der Waals surface area (Å²) >= 11 is 0. The zero-order chi connectivity index (χ0) is 14.0. The number of imide groups is 1. The van der Waals surface area contributed by atoms with Gasteiger partial charge in [-0.2, -0.15) is 0 Å². The van der Waals surface area contributed by atoms with Crippen molar-refractivity contribution in [3.8, 4) is 0 Å². The topological polar surface area (TPSA) is 95.0 Å². The Balaban J connectivity index is 1.70. The lowest BCUT2D eigenvalue weighted by Gasteiger charge is -2.38. The molecule has 2 heterocycles. The van der Waals surface area contributed by atoms with Crippen molar-refractivity contribution < 1.29 is 24.3 Å². The lowest BCUT2D eigenvalue weighted by molar-refractivity contribution is -0.146. The van der Waals surface area contributed by atoms with Crippen LogP contribution in [0.1, 0.15) is 25.7 Å². The summed E-state index contributed by atoms with van der Waals surface area (Å²) in [5.74, 6) is -1.40. The molecule has 2 aliphatic heterocycles. The third kappa shape index (κ3) is 3.10. The predicted molar refractivity (Wildman–Crippen MR) is 62.9 cm³/mol. The minimum Gasteiger partial charge on any atom is -0.481 e. The second kappa shape index (κ2) is 5.38. The summed E-state index contributed by atoms with van der Waals surface area (Å²) in [5.41, 5.74) is 0. The molecule has 0 bridgehead atoms. The Labute approximate surface area is 110 Å². The number of carbonyl (C=O) groups is 4. The minimum atomic E-state index is -0.856. The molecule has 2 aliphatic rings. The summed E-state index contributed by atoms with van der Waals surface area (Å²) in [4.78, 5) is 47.6. The van der Waals surface area contributed by atoms with Crippen LogP contribution in [0.5, 0.6) is 0 Å². The van der Waals surface area contributed by atoms with Crippen molar-refractivity contribution in [1.82, 2.24) is 9.80 Å². The van der Waals surface area contributed by atoms with E-state index in [-0.39, 0.29) is 55.9 Å². The van der Waals surface area contributed by atoms with Crippen LogP contribution >= 0.6 is 0 Å². The molecule has 0 atom stereocenters. The van der Waals surface area contributed by atoms with Gasteiger partial charge in [-0.15, -0.1) is 0 Å². The lowest BCUT2D eigenvalue weighted by atomic mass is 9.96. The molecule has 0 aromatic carbocycles. The molecule has 0 unspecified atom stereocenters. The molecule has 0 spiro atoms. The van der Waals surface area contributed by atoms with Crippen molar-refractivity contribution >= 4 is 23.7 Å². The molecule has 1 N–H and O–H groups in total. The van der Waals surface area contributed by atoms with Gasteiger partial charge in [-0.05, 0) is 0 Å². The van der Waals surface area contributed by atoms with E-state index in [0.29, 0.717) is 13.1 Å². The number of aliphatic carboxylic acids is 1. The fourth-order valence-electron chi connectivity index (χ4n) is 2.39. The normalized spacial score (nSPS) is 19.8. The molecule has 7 nitrogen and oxygen atoms in total. The number of likely N-dealkylation sites (tertiary alicyclic amines) is 2. The molecule has 0 radical (unpaired) electrons.